The molecule has 5 heteroatoms. The summed E-state index contributed by atoms with van der Waals surface area (Å²) in [5.74, 6) is 2.78. The molecule has 0 amide bonds. The Balaban J connectivity index is 1.85. The number of aromatic nitrogens is 2. The van der Waals surface area contributed by atoms with Crippen molar-refractivity contribution in [3.63, 3.8) is 0 Å². The van der Waals surface area contributed by atoms with Crippen molar-refractivity contribution in [2.45, 2.75) is 63.8 Å². The van der Waals surface area contributed by atoms with E-state index in [1.165, 1.54) is 32.1 Å². The van der Waals surface area contributed by atoms with E-state index in [0.717, 1.165) is 31.2 Å². The molecule has 1 aliphatic carbocycles. The first-order valence-corrected chi connectivity index (χ1v) is 7.82. The van der Waals surface area contributed by atoms with Gasteiger partial charge in [-0.2, -0.15) is 4.98 Å². The van der Waals surface area contributed by atoms with Crippen LogP contribution >= 0.6 is 0 Å². The molecular weight excluding hydrogens is 254 g/mol. The quantitative estimate of drug-likeness (QED) is 0.777. The summed E-state index contributed by atoms with van der Waals surface area (Å²) in [6.07, 6.45) is 7.94. The minimum Gasteiger partial charge on any atom is -0.385 e. The van der Waals surface area contributed by atoms with E-state index in [9.17, 15) is 0 Å². The van der Waals surface area contributed by atoms with Crippen molar-refractivity contribution in [3.8, 4) is 0 Å². The zero-order valence-electron chi connectivity index (χ0n) is 12.7. The zero-order chi connectivity index (χ0) is 14.4. The molecule has 2 N–H and O–H groups in total. The fourth-order valence-corrected chi connectivity index (χ4v) is 2.96. The van der Waals surface area contributed by atoms with Crippen LogP contribution in [0.5, 0.6) is 0 Å². The first kappa shape index (κ1) is 15.4. The molecular formula is C15H27N3O2. The molecule has 1 aliphatic rings. The summed E-state index contributed by atoms with van der Waals surface area (Å²) >= 11 is 0. The van der Waals surface area contributed by atoms with Gasteiger partial charge in [-0.05, 0) is 44.4 Å². The van der Waals surface area contributed by atoms with E-state index in [1.807, 2.05) is 0 Å². The van der Waals surface area contributed by atoms with E-state index >= 15 is 0 Å². The lowest BCUT2D eigenvalue weighted by Gasteiger charge is -2.25. The molecule has 0 radical (unpaired) electrons. The molecule has 0 bridgehead atoms. The standard InChI is InChI=1S/C15H27N3O2/c1-3-11-6-8-12(9-7-11)14-17-15(20-18-14)13(16)5-4-10-19-2/h11-13H,3-10,16H2,1-2H3. The maximum absolute atomic E-state index is 6.07. The summed E-state index contributed by atoms with van der Waals surface area (Å²) in [6, 6.07) is -0.168. The fraction of sp³-hybridized carbons (Fsp3) is 0.867. The van der Waals surface area contributed by atoms with Crippen molar-refractivity contribution < 1.29 is 9.26 Å². The Hall–Kier alpha value is -0.940. The van der Waals surface area contributed by atoms with Gasteiger partial charge in [0.25, 0.3) is 0 Å². The van der Waals surface area contributed by atoms with Gasteiger partial charge in [-0.3, -0.25) is 0 Å². The predicted octanol–water partition coefficient (Wildman–Crippen LogP) is 3.18. The van der Waals surface area contributed by atoms with Gasteiger partial charge >= 0.3 is 0 Å². The first-order chi connectivity index (χ1) is 9.74. The predicted molar refractivity (Wildman–Crippen MR) is 77.3 cm³/mol. The van der Waals surface area contributed by atoms with Gasteiger partial charge < -0.3 is 15.0 Å². The number of rotatable bonds is 7. The Morgan fingerprint density at radius 2 is 2.10 bits per heavy atom. The summed E-state index contributed by atoms with van der Waals surface area (Å²) < 4.78 is 10.4. The molecule has 1 unspecified atom stereocenters. The monoisotopic (exact) mass is 281 g/mol. The summed E-state index contributed by atoms with van der Waals surface area (Å²) in [6.45, 7) is 2.99. The van der Waals surface area contributed by atoms with Crippen molar-refractivity contribution in [2.75, 3.05) is 13.7 Å². The molecule has 0 saturated heterocycles. The topological polar surface area (TPSA) is 74.2 Å². The highest BCUT2D eigenvalue weighted by Gasteiger charge is 2.26. The van der Waals surface area contributed by atoms with Gasteiger partial charge in [0.15, 0.2) is 5.82 Å². The van der Waals surface area contributed by atoms with Crippen LogP contribution < -0.4 is 5.73 Å². The number of ether oxygens (including phenoxy) is 1. The molecule has 0 aromatic carbocycles. The first-order valence-electron chi connectivity index (χ1n) is 7.82. The summed E-state index contributed by atoms with van der Waals surface area (Å²) in [5, 5.41) is 4.14. The largest absolute Gasteiger partial charge is 0.385 e. The van der Waals surface area contributed by atoms with Gasteiger partial charge in [0.1, 0.15) is 0 Å². The van der Waals surface area contributed by atoms with Gasteiger partial charge in [0.2, 0.25) is 5.89 Å². The Kier molecular flexibility index (Phi) is 5.98. The van der Waals surface area contributed by atoms with Crippen molar-refractivity contribution in [1.29, 1.82) is 0 Å². The van der Waals surface area contributed by atoms with Crippen molar-refractivity contribution >= 4 is 0 Å². The molecule has 0 aliphatic heterocycles. The number of nitrogens with zero attached hydrogens (tertiary/aromatic N) is 2. The molecule has 0 spiro atoms. The fourth-order valence-electron chi connectivity index (χ4n) is 2.96. The third-order valence-corrected chi connectivity index (χ3v) is 4.43. The Morgan fingerprint density at radius 3 is 2.75 bits per heavy atom. The van der Waals surface area contributed by atoms with Crippen LogP contribution in [-0.2, 0) is 4.74 Å². The second-order valence-corrected chi connectivity index (χ2v) is 5.86. The van der Waals surface area contributed by atoms with E-state index in [-0.39, 0.29) is 6.04 Å². The van der Waals surface area contributed by atoms with Crippen LogP contribution in [0.2, 0.25) is 0 Å². The molecule has 114 valence electrons. The van der Waals surface area contributed by atoms with E-state index in [4.69, 9.17) is 15.0 Å². The number of hydrogen-bond donors (Lipinski definition) is 1. The number of methoxy groups -OCH3 is 1. The summed E-state index contributed by atoms with van der Waals surface area (Å²) in [5.41, 5.74) is 6.07. The third-order valence-electron chi connectivity index (χ3n) is 4.43. The SMILES string of the molecule is CCC1CCC(c2noc(C(N)CCCOC)n2)CC1. The Bertz CT molecular complexity index is 386. The van der Waals surface area contributed by atoms with Gasteiger partial charge in [-0.15, -0.1) is 0 Å². The van der Waals surface area contributed by atoms with Gasteiger partial charge in [-0.25, -0.2) is 0 Å². The van der Waals surface area contributed by atoms with Crippen LogP contribution in [0.15, 0.2) is 4.52 Å². The van der Waals surface area contributed by atoms with Crippen LogP contribution in [0, 0.1) is 5.92 Å². The molecule has 20 heavy (non-hydrogen) atoms. The highest BCUT2D eigenvalue weighted by atomic mass is 16.5. The van der Waals surface area contributed by atoms with E-state index in [2.05, 4.69) is 17.1 Å². The normalized spacial score (nSPS) is 24.8. The second kappa shape index (κ2) is 7.74. The average Bonchev–Trinajstić information content (AvgIpc) is 2.97. The van der Waals surface area contributed by atoms with E-state index < -0.39 is 0 Å². The van der Waals surface area contributed by atoms with Crippen molar-refractivity contribution in [3.05, 3.63) is 11.7 Å². The molecule has 1 aromatic rings. The Morgan fingerprint density at radius 1 is 1.35 bits per heavy atom. The molecule has 1 atom stereocenters. The van der Waals surface area contributed by atoms with Crippen LogP contribution in [0.1, 0.15) is 75.5 Å². The molecule has 5 nitrogen and oxygen atoms in total. The minimum atomic E-state index is -0.168. The maximum atomic E-state index is 6.07. The van der Waals surface area contributed by atoms with Crippen LogP contribution in [0.25, 0.3) is 0 Å². The van der Waals surface area contributed by atoms with E-state index in [1.54, 1.807) is 7.11 Å². The van der Waals surface area contributed by atoms with Crippen molar-refractivity contribution in [1.82, 2.24) is 10.1 Å². The molecule has 1 fully saturated rings. The lowest BCUT2D eigenvalue weighted by Crippen LogP contribution is -2.14. The summed E-state index contributed by atoms with van der Waals surface area (Å²) in [4.78, 5) is 4.52. The van der Waals surface area contributed by atoms with Gasteiger partial charge in [-0.1, -0.05) is 18.5 Å². The minimum absolute atomic E-state index is 0.168. The summed E-state index contributed by atoms with van der Waals surface area (Å²) in [7, 11) is 1.70. The molecule has 1 heterocycles. The highest BCUT2D eigenvalue weighted by Crippen LogP contribution is 2.35. The van der Waals surface area contributed by atoms with Gasteiger partial charge in [0.05, 0.1) is 6.04 Å². The average molecular weight is 281 g/mol. The van der Waals surface area contributed by atoms with Crippen LogP contribution in [0.3, 0.4) is 0 Å². The smallest absolute Gasteiger partial charge is 0.243 e. The lowest BCUT2D eigenvalue weighted by atomic mass is 9.80. The van der Waals surface area contributed by atoms with Crippen LogP contribution in [0.4, 0.5) is 0 Å². The van der Waals surface area contributed by atoms with Crippen LogP contribution in [-0.4, -0.2) is 23.9 Å². The Labute approximate surface area is 121 Å². The van der Waals surface area contributed by atoms with Crippen molar-refractivity contribution in [2.24, 2.45) is 11.7 Å². The lowest BCUT2D eigenvalue weighted by molar-refractivity contribution is 0.188. The molecule has 1 saturated carbocycles. The van der Waals surface area contributed by atoms with E-state index in [0.29, 0.717) is 11.8 Å². The maximum Gasteiger partial charge on any atom is 0.243 e. The number of hydrogen-bond acceptors (Lipinski definition) is 5. The number of nitrogens with two attached hydrogens (primary N) is 1. The second-order valence-electron chi connectivity index (χ2n) is 5.86. The zero-order valence-corrected chi connectivity index (χ0v) is 12.7. The molecule has 2 rings (SSSR count). The highest BCUT2D eigenvalue weighted by molar-refractivity contribution is 4.99. The third kappa shape index (κ3) is 4.03. The molecule has 1 aromatic heterocycles. The van der Waals surface area contributed by atoms with Gasteiger partial charge in [0, 0.05) is 19.6 Å².